The molecular formula is C10H21N3O3. The Hall–Kier alpha value is -0.690. The van der Waals surface area contributed by atoms with E-state index in [4.69, 9.17) is 15.2 Å². The van der Waals surface area contributed by atoms with Crippen molar-refractivity contribution in [1.82, 2.24) is 10.2 Å². The Labute approximate surface area is 96.1 Å². The van der Waals surface area contributed by atoms with Crippen LogP contribution in [0.25, 0.3) is 0 Å². The molecule has 0 bridgehead atoms. The van der Waals surface area contributed by atoms with Crippen LogP contribution in [0.5, 0.6) is 0 Å². The number of hydrogen-bond acceptors (Lipinski definition) is 5. The smallest absolute Gasteiger partial charge is 0.234 e. The first-order chi connectivity index (χ1) is 7.77. The van der Waals surface area contributed by atoms with Gasteiger partial charge in [-0.15, -0.1) is 0 Å². The molecule has 16 heavy (non-hydrogen) atoms. The SMILES string of the molecule is COCCNC(=O)CN1CCOCC1CN. The van der Waals surface area contributed by atoms with Gasteiger partial charge in [-0.2, -0.15) is 0 Å². The molecule has 1 aliphatic heterocycles. The lowest BCUT2D eigenvalue weighted by molar-refractivity contribution is -0.124. The van der Waals surface area contributed by atoms with Gasteiger partial charge in [0.25, 0.3) is 0 Å². The molecule has 0 radical (unpaired) electrons. The minimum absolute atomic E-state index is 0.0115. The highest BCUT2D eigenvalue weighted by Crippen LogP contribution is 2.04. The van der Waals surface area contributed by atoms with E-state index in [1.165, 1.54) is 0 Å². The summed E-state index contributed by atoms with van der Waals surface area (Å²) in [6.45, 7) is 4.03. The van der Waals surface area contributed by atoms with Gasteiger partial charge in [0, 0.05) is 32.8 Å². The van der Waals surface area contributed by atoms with Crippen molar-refractivity contribution < 1.29 is 14.3 Å². The van der Waals surface area contributed by atoms with Crippen LogP contribution in [0.3, 0.4) is 0 Å². The summed E-state index contributed by atoms with van der Waals surface area (Å²) in [5, 5.41) is 2.79. The second-order valence-electron chi connectivity index (χ2n) is 3.78. The van der Waals surface area contributed by atoms with Crippen LogP contribution in [0.1, 0.15) is 0 Å². The van der Waals surface area contributed by atoms with E-state index >= 15 is 0 Å². The lowest BCUT2D eigenvalue weighted by atomic mass is 10.2. The summed E-state index contributed by atoms with van der Waals surface area (Å²) in [4.78, 5) is 13.6. The molecule has 1 unspecified atom stereocenters. The lowest BCUT2D eigenvalue weighted by Gasteiger charge is -2.34. The van der Waals surface area contributed by atoms with Crippen LogP contribution in [0.15, 0.2) is 0 Å². The third-order valence-electron chi connectivity index (χ3n) is 2.60. The number of methoxy groups -OCH3 is 1. The minimum Gasteiger partial charge on any atom is -0.383 e. The van der Waals surface area contributed by atoms with Gasteiger partial charge in [-0.05, 0) is 0 Å². The summed E-state index contributed by atoms with van der Waals surface area (Å²) < 4.78 is 10.2. The number of ether oxygens (including phenoxy) is 2. The van der Waals surface area contributed by atoms with Gasteiger partial charge < -0.3 is 20.5 Å². The Morgan fingerprint density at radius 2 is 2.50 bits per heavy atom. The van der Waals surface area contributed by atoms with Crippen LogP contribution in [-0.4, -0.2) is 70.0 Å². The van der Waals surface area contributed by atoms with Crippen LogP contribution >= 0.6 is 0 Å². The first-order valence-electron chi connectivity index (χ1n) is 5.55. The molecule has 0 aromatic rings. The number of nitrogens with one attached hydrogen (secondary N) is 1. The van der Waals surface area contributed by atoms with Gasteiger partial charge in [0.2, 0.25) is 5.91 Å². The second kappa shape index (κ2) is 7.56. The third kappa shape index (κ3) is 4.44. The van der Waals surface area contributed by atoms with Crippen molar-refractivity contribution in [3.05, 3.63) is 0 Å². The van der Waals surface area contributed by atoms with Crippen molar-refractivity contribution >= 4 is 5.91 Å². The van der Waals surface area contributed by atoms with E-state index in [0.717, 1.165) is 6.54 Å². The highest BCUT2D eigenvalue weighted by Gasteiger charge is 2.23. The maximum absolute atomic E-state index is 11.6. The molecule has 0 aliphatic carbocycles. The molecule has 1 rings (SSSR count). The Kier molecular flexibility index (Phi) is 6.32. The highest BCUT2D eigenvalue weighted by molar-refractivity contribution is 5.78. The molecule has 0 saturated carbocycles. The van der Waals surface area contributed by atoms with Gasteiger partial charge in [0.1, 0.15) is 0 Å². The molecule has 94 valence electrons. The summed E-state index contributed by atoms with van der Waals surface area (Å²) in [5.41, 5.74) is 5.62. The molecule has 1 atom stereocenters. The molecule has 1 saturated heterocycles. The Bertz CT molecular complexity index is 213. The standard InChI is InChI=1S/C10H21N3O3/c1-15-4-2-12-10(14)7-13-3-5-16-8-9(13)6-11/h9H,2-8,11H2,1H3,(H,12,14). The van der Waals surface area contributed by atoms with Gasteiger partial charge >= 0.3 is 0 Å². The summed E-state index contributed by atoms with van der Waals surface area (Å²) in [5.74, 6) is 0.0115. The summed E-state index contributed by atoms with van der Waals surface area (Å²) >= 11 is 0. The molecule has 6 nitrogen and oxygen atoms in total. The fraction of sp³-hybridized carbons (Fsp3) is 0.900. The van der Waals surface area contributed by atoms with Gasteiger partial charge in [0.15, 0.2) is 0 Å². The van der Waals surface area contributed by atoms with Crippen LogP contribution < -0.4 is 11.1 Å². The number of carbonyl (C=O) groups is 1. The van der Waals surface area contributed by atoms with Crippen LogP contribution in [0.4, 0.5) is 0 Å². The van der Waals surface area contributed by atoms with E-state index in [0.29, 0.717) is 39.5 Å². The number of hydrogen-bond donors (Lipinski definition) is 2. The highest BCUT2D eigenvalue weighted by atomic mass is 16.5. The molecule has 0 aromatic heterocycles. The van der Waals surface area contributed by atoms with Gasteiger partial charge in [-0.1, -0.05) is 0 Å². The maximum atomic E-state index is 11.6. The molecular weight excluding hydrogens is 210 g/mol. The van der Waals surface area contributed by atoms with E-state index in [1.807, 2.05) is 0 Å². The summed E-state index contributed by atoms with van der Waals surface area (Å²) in [7, 11) is 1.61. The van der Waals surface area contributed by atoms with Gasteiger partial charge in [0.05, 0.1) is 26.4 Å². The van der Waals surface area contributed by atoms with Gasteiger partial charge in [-0.25, -0.2) is 0 Å². The average molecular weight is 231 g/mol. The number of nitrogens with two attached hydrogens (primary N) is 1. The summed E-state index contributed by atoms with van der Waals surface area (Å²) in [6, 6.07) is 0.155. The lowest BCUT2D eigenvalue weighted by Crippen LogP contribution is -2.52. The Morgan fingerprint density at radius 1 is 1.69 bits per heavy atom. The first kappa shape index (κ1) is 13.4. The molecule has 1 fully saturated rings. The van der Waals surface area contributed by atoms with Gasteiger partial charge in [-0.3, -0.25) is 9.69 Å². The quantitative estimate of drug-likeness (QED) is 0.539. The zero-order valence-corrected chi connectivity index (χ0v) is 9.78. The second-order valence-corrected chi connectivity index (χ2v) is 3.78. The average Bonchev–Trinajstić information content (AvgIpc) is 2.30. The van der Waals surface area contributed by atoms with Crippen molar-refractivity contribution in [3.63, 3.8) is 0 Å². The predicted molar refractivity (Wildman–Crippen MR) is 60.1 cm³/mol. The van der Waals surface area contributed by atoms with Crippen molar-refractivity contribution in [2.75, 3.05) is 53.1 Å². The van der Waals surface area contributed by atoms with E-state index < -0.39 is 0 Å². The zero-order chi connectivity index (χ0) is 11.8. The molecule has 1 amide bonds. The normalized spacial score (nSPS) is 22.0. The van der Waals surface area contributed by atoms with Crippen molar-refractivity contribution in [3.8, 4) is 0 Å². The fourth-order valence-corrected chi connectivity index (χ4v) is 1.65. The minimum atomic E-state index is 0.0115. The van der Waals surface area contributed by atoms with Crippen LogP contribution in [0, 0.1) is 0 Å². The van der Waals surface area contributed by atoms with Crippen LogP contribution in [0.2, 0.25) is 0 Å². The van der Waals surface area contributed by atoms with E-state index in [-0.39, 0.29) is 11.9 Å². The number of amides is 1. The topological polar surface area (TPSA) is 76.8 Å². The molecule has 1 heterocycles. The van der Waals surface area contributed by atoms with E-state index in [1.54, 1.807) is 7.11 Å². The first-order valence-corrected chi connectivity index (χ1v) is 5.55. The third-order valence-corrected chi connectivity index (χ3v) is 2.60. The largest absolute Gasteiger partial charge is 0.383 e. The zero-order valence-electron chi connectivity index (χ0n) is 9.78. The van der Waals surface area contributed by atoms with E-state index in [2.05, 4.69) is 10.2 Å². The van der Waals surface area contributed by atoms with Crippen molar-refractivity contribution in [2.24, 2.45) is 5.73 Å². The van der Waals surface area contributed by atoms with E-state index in [9.17, 15) is 4.79 Å². The Morgan fingerprint density at radius 3 is 3.19 bits per heavy atom. The summed E-state index contributed by atoms with van der Waals surface area (Å²) in [6.07, 6.45) is 0. The number of morpholine rings is 1. The van der Waals surface area contributed by atoms with Crippen molar-refractivity contribution in [2.45, 2.75) is 6.04 Å². The predicted octanol–water partition coefficient (Wildman–Crippen LogP) is -1.59. The maximum Gasteiger partial charge on any atom is 0.234 e. The monoisotopic (exact) mass is 231 g/mol. The molecule has 3 N–H and O–H groups in total. The molecule has 1 aliphatic rings. The molecule has 0 spiro atoms. The number of carbonyl (C=O) groups excluding carboxylic acids is 1. The molecule has 0 aromatic carbocycles. The number of rotatable bonds is 6. The van der Waals surface area contributed by atoms with Crippen LogP contribution in [-0.2, 0) is 14.3 Å². The Balaban J connectivity index is 2.25. The number of nitrogens with zero attached hydrogens (tertiary/aromatic N) is 1. The molecule has 6 heteroatoms. The van der Waals surface area contributed by atoms with Crippen molar-refractivity contribution in [1.29, 1.82) is 0 Å². The fourth-order valence-electron chi connectivity index (χ4n) is 1.65.